The number of carbonyl (C=O) groups is 1. The lowest BCUT2D eigenvalue weighted by molar-refractivity contribution is -0.274. The van der Waals surface area contributed by atoms with Crippen LogP contribution < -0.4 is 4.74 Å². The van der Waals surface area contributed by atoms with Gasteiger partial charge in [-0.2, -0.15) is 5.26 Å². The van der Waals surface area contributed by atoms with Gasteiger partial charge in [-0.3, -0.25) is 0 Å². The average Bonchev–Trinajstić information content (AvgIpc) is 2.25. The van der Waals surface area contributed by atoms with Crippen molar-refractivity contribution >= 4 is 5.97 Å². The summed E-state index contributed by atoms with van der Waals surface area (Å²) in [5.41, 5.74) is -0.327. The maximum Gasteiger partial charge on any atom is 0.573 e. The predicted octanol–water partition coefficient (Wildman–Crippen LogP) is 2.72. The summed E-state index contributed by atoms with van der Waals surface area (Å²) in [6, 6.07) is 3.29. The summed E-state index contributed by atoms with van der Waals surface area (Å²) >= 11 is 0. The third-order valence-electron chi connectivity index (χ3n) is 2.16. The van der Waals surface area contributed by atoms with Crippen LogP contribution in [0.2, 0.25) is 0 Å². The molecule has 0 atom stereocenters. The zero-order valence-corrected chi connectivity index (χ0v) is 9.21. The van der Waals surface area contributed by atoms with Crippen LogP contribution in [0.3, 0.4) is 0 Å². The van der Waals surface area contributed by atoms with Gasteiger partial charge >= 0.3 is 12.3 Å². The van der Waals surface area contributed by atoms with E-state index in [9.17, 15) is 18.0 Å². The lowest BCUT2D eigenvalue weighted by atomic mass is 9.99. The number of aromatic carboxylic acids is 1. The molecule has 0 aromatic heterocycles. The fourth-order valence-corrected chi connectivity index (χ4v) is 1.51. The maximum atomic E-state index is 12.0. The number of rotatable bonds is 3. The minimum atomic E-state index is -4.93. The van der Waals surface area contributed by atoms with Crippen molar-refractivity contribution in [1.29, 1.82) is 5.26 Å². The van der Waals surface area contributed by atoms with E-state index >= 15 is 0 Å². The number of hydrogen-bond acceptors (Lipinski definition) is 3. The summed E-state index contributed by atoms with van der Waals surface area (Å²) in [7, 11) is 0. The molecule has 1 aromatic carbocycles. The van der Waals surface area contributed by atoms with Gasteiger partial charge < -0.3 is 9.84 Å². The lowest BCUT2D eigenvalue weighted by Crippen LogP contribution is -2.18. The Labute approximate surface area is 100 Å². The number of halogens is 3. The molecule has 1 aromatic rings. The van der Waals surface area contributed by atoms with Gasteiger partial charge in [-0.25, -0.2) is 4.79 Å². The van der Waals surface area contributed by atoms with Crippen molar-refractivity contribution < 1.29 is 27.8 Å². The number of hydrogen-bond donors (Lipinski definition) is 1. The Balaban J connectivity index is 3.38. The van der Waals surface area contributed by atoms with Crippen molar-refractivity contribution in [3.05, 3.63) is 28.8 Å². The van der Waals surface area contributed by atoms with Gasteiger partial charge in [-0.1, -0.05) is 6.92 Å². The molecule has 0 aliphatic carbocycles. The second-order valence-corrected chi connectivity index (χ2v) is 3.32. The van der Waals surface area contributed by atoms with Crippen LogP contribution in [-0.4, -0.2) is 17.4 Å². The van der Waals surface area contributed by atoms with Crippen LogP contribution in [0.1, 0.15) is 28.4 Å². The van der Waals surface area contributed by atoms with Gasteiger partial charge in [0.25, 0.3) is 0 Å². The van der Waals surface area contributed by atoms with Gasteiger partial charge in [-0.05, 0) is 24.1 Å². The van der Waals surface area contributed by atoms with Gasteiger partial charge in [0, 0.05) is 0 Å². The first-order chi connectivity index (χ1) is 8.28. The van der Waals surface area contributed by atoms with Gasteiger partial charge in [0.05, 0.1) is 17.2 Å². The van der Waals surface area contributed by atoms with Crippen molar-refractivity contribution in [2.45, 2.75) is 19.7 Å². The zero-order valence-electron chi connectivity index (χ0n) is 9.21. The molecule has 0 saturated carbocycles. The number of nitrogens with zero attached hydrogens (tertiary/aromatic N) is 1. The molecule has 0 unspecified atom stereocenters. The van der Waals surface area contributed by atoms with E-state index in [0.29, 0.717) is 0 Å². The zero-order chi connectivity index (χ0) is 13.9. The van der Waals surface area contributed by atoms with Crippen LogP contribution in [0.15, 0.2) is 12.1 Å². The van der Waals surface area contributed by atoms with E-state index in [-0.39, 0.29) is 23.1 Å². The average molecular weight is 259 g/mol. The minimum Gasteiger partial charge on any atom is -0.478 e. The van der Waals surface area contributed by atoms with E-state index in [1.54, 1.807) is 13.0 Å². The van der Waals surface area contributed by atoms with Crippen LogP contribution in [-0.2, 0) is 6.42 Å². The molecule has 0 radical (unpaired) electrons. The number of benzene rings is 1. The molecule has 1 rings (SSSR count). The molecular weight excluding hydrogens is 251 g/mol. The molecule has 0 bridgehead atoms. The van der Waals surface area contributed by atoms with Gasteiger partial charge in [-0.15, -0.1) is 13.2 Å². The van der Waals surface area contributed by atoms with Crippen LogP contribution in [0.25, 0.3) is 0 Å². The monoisotopic (exact) mass is 259 g/mol. The fraction of sp³-hybridized carbons (Fsp3) is 0.273. The normalized spacial score (nSPS) is 10.8. The highest BCUT2D eigenvalue weighted by Crippen LogP contribution is 2.28. The van der Waals surface area contributed by atoms with Crippen molar-refractivity contribution in [2.24, 2.45) is 0 Å². The summed E-state index contributed by atoms with van der Waals surface area (Å²) < 4.78 is 39.7. The van der Waals surface area contributed by atoms with E-state index < -0.39 is 18.1 Å². The molecule has 18 heavy (non-hydrogen) atoms. The second-order valence-electron chi connectivity index (χ2n) is 3.32. The highest BCUT2D eigenvalue weighted by Gasteiger charge is 2.32. The van der Waals surface area contributed by atoms with E-state index in [1.165, 1.54) is 0 Å². The smallest absolute Gasteiger partial charge is 0.478 e. The molecule has 0 heterocycles. The first-order valence-electron chi connectivity index (χ1n) is 4.84. The Hall–Kier alpha value is -2.23. The Bertz CT molecular complexity index is 517. The first kappa shape index (κ1) is 13.8. The SMILES string of the molecule is CCc1c(C#N)cc(OC(F)(F)F)cc1C(=O)O. The molecule has 7 heteroatoms. The number of nitriles is 1. The Morgan fingerprint density at radius 2 is 2.11 bits per heavy atom. The van der Waals surface area contributed by atoms with Crippen LogP contribution in [0.4, 0.5) is 13.2 Å². The van der Waals surface area contributed by atoms with E-state index in [4.69, 9.17) is 10.4 Å². The number of carboxylic acids is 1. The maximum absolute atomic E-state index is 12.0. The summed E-state index contributed by atoms with van der Waals surface area (Å²) in [5, 5.41) is 17.7. The highest BCUT2D eigenvalue weighted by molar-refractivity contribution is 5.90. The molecule has 0 amide bonds. The topological polar surface area (TPSA) is 70.3 Å². The molecule has 0 spiro atoms. The van der Waals surface area contributed by atoms with Crippen LogP contribution in [0, 0.1) is 11.3 Å². The summed E-state index contributed by atoms with van der Waals surface area (Å²) in [6.45, 7) is 1.60. The van der Waals surface area contributed by atoms with E-state index in [2.05, 4.69) is 4.74 Å². The predicted molar refractivity (Wildman–Crippen MR) is 54.2 cm³/mol. The van der Waals surface area contributed by atoms with Gasteiger partial charge in [0.15, 0.2) is 0 Å². The minimum absolute atomic E-state index is 0.142. The second kappa shape index (κ2) is 4.96. The summed E-state index contributed by atoms with van der Waals surface area (Å²) in [5.74, 6) is -2.12. The van der Waals surface area contributed by atoms with Gasteiger partial charge in [0.2, 0.25) is 0 Å². The third kappa shape index (κ3) is 3.13. The number of alkyl halides is 3. The summed E-state index contributed by atoms with van der Waals surface area (Å²) in [4.78, 5) is 10.9. The van der Waals surface area contributed by atoms with Gasteiger partial charge in [0.1, 0.15) is 5.75 Å². The van der Waals surface area contributed by atoms with Crippen molar-refractivity contribution in [3.63, 3.8) is 0 Å². The molecule has 0 fully saturated rings. The Morgan fingerprint density at radius 3 is 2.50 bits per heavy atom. The van der Waals surface area contributed by atoms with Crippen LogP contribution in [0.5, 0.6) is 5.75 Å². The highest BCUT2D eigenvalue weighted by atomic mass is 19.4. The largest absolute Gasteiger partial charge is 0.573 e. The molecule has 0 aliphatic heterocycles. The van der Waals surface area contributed by atoms with Crippen LogP contribution >= 0.6 is 0 Å². The first-order valence-corrected chi connectivity index (χ1v) is 4.84. The quantitative estimate of drug-likeness (QED) is 0.905. The molecular formula is C11H8F3NO3. The third-order valence-corrected chi connectivity index (χ3v) is 2.16. The Morgan fingerprint density at radius 1 is 1.50 bits per heavy atom. The fourth-order valence-electron chi connectivity index (χ4n) is 1.51. The molecule has 0 saturated heterocycles. The molecule has 0 aliphatic rings. The lowest BCUT2D eigenvalue weighted by Gasteiger charge is -2.12. The van der Waals surface area contributed by atoms with E-state index in [1.807, 2.05) is 0 Å². The van der Waals surface area contributed by atoms with E-state index in [0.717, 1.165) is 12.1 Å². The van der Waals surface area contributed by atoms with Crippen molar-refractivity contribution in [3.8, 4) is 11.8 Å². The Kier molecular flexibility index (Phi) is 3.81. The van der Waals surface area contributed by atoms with Crippen molar-refractivity contribution in [1.82, 2.24) is 0 Å². The molecule has 96 valence electrons. The van der Waals surface area contributed by atoms with Crippen molar-refractivity contribution in [2.75, 3.05) is 0 Å². The summed E-state index contributed by atoms with van der Waals surface area (Å²) in [6.07, 6.45) is -4.72. The molecule has 4 nitrogen and oxygen atoms in total. The number of ether oxygens (including phenoxy) is 1. The standard InChI is InChI=1S/C11H8F3NO3/c1-2-8-6(5-15)3-7(18-11(12,13)14)4-9(8)10(16)17/h3-4H,2H2,1H3,(H,16,17). The number of carboxylic acid groups (broad SMARTS) is 1. The molecule has 1 N–H and O–H groups in total.